The Labute approximate surface area is 133 Å². The zero-order valence-corrected chi connectivity index (χ0v) is 12.6. The average molecular weight is 315 g/mol. The maximum Gasteiger partial charge on any atom is 0.189 e. The fourth-order valence-electron chi connectivity index (χ4n) is 2.48. The van der Waals surface area contributed by atoms with Crippen LogP contribution in [0.4, 0.5) is 0 Å². The normalized spacial score (nSPS) is 16.5. The summed E-state index contributed by atoms with van der Waals surface area (Å²) in [5.41, 5.74) is 2.13. The van der Waals surface area contributed by atoms with Gasteiger partial charge in [-0.1, -0.05) is 35.9 Å². The van der Waals surface area contributed by atoms with Crippen molar-refractivity contribution in [1.29, 1.82) is 0 Å². The average Bonchev–Trinajstić information content (AvgIpc) is 2.50. The third kappa shape index (κ3) is 3.00. The number of fused-ring (bicyclic) bond motifs is 1. The summed E-state index contributed by atoms with van der Waals surface area (Å²) in [6, 6.07) is 12.3. The van der Waals surface area contributed by atoms with Gasteiger partial charge in [0.25, 0.3) is 0 Å². The van der Waals surface area contributed by atoms with E-state index >= 15 is 0 Å². The Morgan fingerprint density at radius 2 is 2.00 bits per heavy atom. The molecule has 2 aromatic rings. The van der Waals surface area contributed by atoms with Crippen LogP contribution in [0.1, 0.15) is 22.3 Å². The van der Waals surface area contributed by atoms with Crippen molar-refractivity contribution in [2.45, 2.75) is 12.8 Å². The van der Waals surface area contributed by atoms with Crippen molar-refractivity contribution < 1.29 is 14.6 Å². The summed E-state index contributed by atoms with van der Waals surface area (Å²) in [4.78, 5) is 12.7. The Morgan fingerprint density at radius 1 is 1.18 bits per heavy atom. The highest BCUT2D eigenvalue weighted by atomic mass is 35.5. The van der Waals surface area contributed by atoms with Crippen molar-refractivity contribution in [2.75, 3.05) is 6.61 Å². The molecule has 0 saturated heterocycles. The van der Waals surface area contributed by atoms with Gasteiger partial charge in [-0.25, -0.2) is 0 Å². The molecule has 0 amide bonds. The molecule has 1 N–H and O–H groups in total. The number of aromatic hydroxyl groups is 1. The van der Waals surface area contributed by atoms with Crippen LogP contribution in [0.15, 0.2) is 54.1 Å². The summed E-state index contributed by atoms with van der Waals surface area (Å²) >= 11 is 5.79. The number of hydrogen-bond donors (Lipinski definition) is 1. The topological polar surface area (TPSA) is 46.5 Å². The fraction of sp³-hybridized carbons (Fsp3) is 0.167. The molecular weight excluding hydrogens is 300 g/mol. The number of allylic oxidation sites excluding steroid dienone is 1. The van der Waals surface area contributed by atoms with E-state index in [1.807, 2.05) is 30.3 Å². The molecule has 0 saturated carbocycles. The quantitative estimate of drug-likeness (QED) is 0.846. The van der Waals surface area contributed by atoms with Gasteiger partial charge in [-0.05, 0) is 29.8 Å². The molecule has 1 aliphatic heterocycles. The van der Waals surface area contributed by atoms with Crippen LogP contribution in [-0.4, -0.2) is 17.5 Å². The number of rotatable bonds is 2. The molecule has 112 valence electrons. The van der Waals surface area contributed by atoms with Crippen molar-refractivity contribution in [3.63, 3.8) is 0 Å². The lowest BCUT2D eigenvalue weighted by atomic mass is 9.95. The first-order valence-electron chi connectivity index (χ1n) is 7.08. The summed E-state index contributed by atoms with van der Waals surface area (Å²) in [6.45, 7) is 0.541. The lowest BCUT2D eigenvalue weighted by molar-refractivity contribution is 0.103. The van der Waals surface area contributed by atoms with Gasteiger partial charge in [-0.15, -0.1) is 0 Å². The van der Waals surface area contributed by atoms with E-state index in [0.717, 1.165) is 11.3 Å². The lowest BCUT2D eigenvalue weighted by Crippen LogP contribution is -2.11. The maximum atomic E-state index is 12.7. The van der Waals surface area contributed by atoms with Gasteiger partial charge in [0.2, 0.25) is 0 Å². The molecule has 1 aliphatic rings. The van der Waals surface area contributed by atoms with Crippen molar-refractivity contribution in [3.8, 4) is 11.5 Å². The first kappa shape index (κ1) is 14.7. The number of benzene rings is 2. The number of phenols is 1. The van der Waals surface area contributed by atoms with Crippen molar-refractivity contribution >= 4 is 17.4 Å². The van der Waals surface area contributed by atoms with Crippen LogP contribution in [-0.2, 0) is 6.42 Å². The smallest absolute Gasteiger partial charge is 0.189 e. The van der Waals surface area contributed by atoms with Crippen LogP contribution in [0, 0.1) is 0 Å². The van der Waals surface area contributed by atoms with Gasteiger partial charge in [-0.2, -0.15) is 0 Å². The Balaban J connectivity index is 1.92. The van der Waals surface area contributed by atoms with Crippen LogP contribution >= 0.6 is 11.6 Å². The Kier molecular flexibility index (Phi) is 4.16. The van der Waals surface area contributed by atoms with Crippen LogP contribution in [0.3, 0.4) is 0 Å². The first-order chi connectivity index (χ1) is 10.6. The standard InChI is InChI=1S/C18H15ClO3/c19-15-8-7-14(11-16(15)20)18(21)13-5-3-9-22-17-6-2-1-4-12(17)10-13/h1-2,4-8,11,20H,3,9-10H2/b13-5-. The van der Waals surface area contributed by atoms with Gasteiger partial charge in [0, 0.05) is 24.0 Å². The highest BCUT2D eigenvalue weighted by Gasteiger charge is 2.17. The van der Waals surface area contributed by atoms with E-state index in [4.69, 9.17) is 16.3 Å². The van der Waals surface area contributed by atoms with Gasteiger partial charge in [-0.3, -0.25) is 4.79 Å². The molecule has 2 aromatic carbocycles. The number of phenolic OH excluding ortho intramolecular Hbond substituents is 1. The fourth-order valence-corrected chi connectivity index (χ4v) is 2.60. The zero-order valence-electron chi connectivity index (χ0n) is 11.9. The van der Waals surface area contributed by atoms with Crippen LogP contribution < -0.4 is 4.74 Å². The highest BCUT2D eigenvalue weighted by Crippen LogP contribution is 2.28. The van der Waals surface area contributed by atoms with E-state index in [1.54, 1.807) is 6.07 Å². The predicted octanol–water partition coefficient (Wildman–Crippen LogP) is 4.18. The molecule has 3 rings (SSSR count). The maximum absolute atomic E-state index is 12.7. The van der Waals surface area contributed by atoms with Crippen molar-refractivity contribution in [3.05, 3.63) is 70.3 Å². The zero-order chi connectivity index (χ0) is 15.5. The molecule has 0 radical (unpaired) electrons. The first-order valence-corrected chi connectivity index (χ1v) is 7.46. The second-order valence-electron chi connectivity index (χ2n) is 5.15. The minimum atomic E-state index is -0.0938. The number of Topliss-reactive ketones (excluding diaryl/α,β-unsaturated/α-hetero) is 1. The molecule has 22 heavy (non-hydrogen) atoms. The number of carbonyl (C=O) groups excluding carboxylic acids is 1. The summed E-state index contributed by atoms with van der Waals surface area (Å²) < 4.78 is 5.68. The molecule has 0 spiro atoms. The molecule has 0 unspecified atom stereocenters. The second kappa shape index (κ2) is 6.24. The van der Waals surface area contributed by atoms with Crippen LogP contribution in [0.5, 0.6) is 11.5 Å². The lowest BCUT2D eigenvalue weighted by Gasteiger charge is -2.16. The minimum absolute atomic E-state index is 0.0808. The number of ether oxygens (including phenoxy) is 1. The van der Waals surface area contributed by atoms with Gasteiger partial charge >= 0.3 is 0 Å². The SMILES string of the molecule is O=C(/C1=C\CCOc2ccccc2C1)c1ccc(Cl)c(O)c1. The molecular formula is C18H15ClO3. The largest absolute Gasteiger partial charge is 0.506 e. The van der Waals surface area contributed by atoms with Gasteiger partial charge < -0.3 is 9.84 Å². The minimum Gasteiger partial charge on any atom is -0.506 e. The second-order valence-corrected chi connectivity index (χ2v) is 5.55. The number of carbonyl (C=O) groups is 1. The van der Waals surface area contributed by atoms with Gasteiger partial charge in [0.05, 0.1) is 11.6 Å². The van der Waals surface area contributed by atoms with E-state index < -0.39 is 0 Å². The van der Waals surface area contributed by atoms with Crippen LogP contribution in [0.2, 0.25) is 5.02 Å². The molecule has 0 aromatic heterocycles. The third-order valence-electron chi connectivity index (χ3n) is 3.62. The highest BCUT2D eigenvalue weighted by molar-refractivity contribution is 6.32. The Hall–Kier alpha value is -2.26. The molecule has 0 fully saturated rings. The van der Waals surface area contributed by atoms with E-state index in [2.05, 4.69) is 0 Å². The number of halogens is 1. The number of hydrogen-bond acceptors (Lipinski definition) is 3. The Morgan fingerprint density at radius 3 is 2.82 bits per heavy atom. The molecule has 0 atom stereocenters. The monoisotopic (exact) mass is 314 g/mol. The summed E-state index contributed by atoms with van der Waals surface area (Å²) in [7, 11) is 0. The third-order valence-corrected chi connectivity index (χ3v) is 3.94. The van der Waals surface area contributed by atoms with Gasteiger partial charge in [0.15, 0.2) is 5.78 Å². The van der Waals surface area contributed by atoms with E-state index in [1.165, 1.54) is 12.1 Å². The van der Waals surface area contributed by atoms with Crippen molar-refractivity contribution in [2.24, 2.45) is 0 Å². The summed E-state index contributed by atoms with van der Waals surface area (Å²) in [5, 5.41) is 9.92. The van der Waals surface area contributed by atoms with E-state index in [-0.39, 0.29) is 16.6 Å². The molecule has 1 heterocycles. The van der Waals surface area contributed by atoms with E-state index in [9.17, 15) is 9.90 Å². The molecule has 0 aliphatic carbocycles. The van der Waals surface area contributed by atoms with Crippen LogP contribution in [0.25, 0.3) is 0 Å². The summed E-state index contributed by atoms with van der Waals surface area (Å²) in [5.74, 6) is 0.645. The molecule has 4 heteroatoms. The van der Waals surface area contributed by atoms with Gasteiger partial charge in [0.1, 0.15) is 11.5 Å². The number of para-hydroxylation sites is 1. The Bertz CT molecular complexity index is 750. The predicted molar refractivity (Wildman–Crippen MR) is 85.8 cm³/mol. The molecule has 3 nitrogen and oxygen atoms in total. The number of ketones is 1. The molecule has 0 bridgehead atoms. The van der Waals surface area contributed by atoms with Crippen molar-refractivity contribution in [1.82, 2.24) is 0 Å². The van der Waals surface area contributed by atoms with E-state index in [0.29, 0.717) is 30.6 Å². The summed E-state index contributed by atoms with van der Waals surface area (Å²) in [6.07, 6.45) is 3.09.